The normalized spacial score (nSPS) is 21.2. The minimum absolute atomic E-state index is 0.106. The van der Waals surface area contributed by atoms with Crippen LogP contribution in [0, 0.1) is 0 Å². The van der Waals surface area contributed by atoms with Gasteiger partial charge in [0, 0.05) is 26.1 Å². The lowest BCUT2D eigenvalue weighted by molar-refractivity contribution is 0.694. The molecular formula is C20H16Br2N2S2. The highest BCUT2D eigenvalue weighted by Crippen LogP contribution is 2.38. The third-order valence-corrected chi connectivity index (χ3v) is 6.63. The Bertz CT molecular complexity index is 937. The van der Waals surface area contributed by atoms with Gasteiger partial charge in [-0.3, -0.25) is 0 Å². The molecule has 0 saturated heterocycles. The summed E-state index contributed by atoms with van der Waals surface area (Å²) in [6.45, 7) is 0. The fourth-order valence-corrected chi connectivity index (χ4v) is 5.39. The molecule has 2 aliphatic rings. The van der Waals surface area contributed by atoms with Gasteiger partial charge in [0.1, 0.15) is 0 Å². The van der Waals surface area contributed by atoms with Crippen molar-refractivity contribution in [3.8, 4) is 0 Å². The summed E-state index contributed by atoms with van der Waals surface area (Å²) in [6, 6.07) is 16.9. The van der Waals surface area contributed by atoms with Crippen LogP contribution in [0.15, 0.2) is 74.3 Å². The second-order valence-corrected chi connectivity index (χ2v) is 9.43. The molecule has 1 atom stereocenters. The van der Waals surface area contributed by atoms with Gasteiger partial charge in [-0.05, 0) is 64.8 Å². The van der Waals surface area contributed by atoms with Crippen molar-refractivity contribution in [3.63, 3.8) is 0 Å². The lowest BCUT2D eigenvalue weighted by Gasteiger charge is -2.35. The molecule has 2 N–H and O–H groups in total. The van der Waals surface area contributed by atoms with E-state index in [4.69, 9.17) is 12.2 Å². The van der Waals surface area contributed by atoms with Crippen molar-refractivity contribution in [2.24, 2.45) is 0 Å². The highest BCUT2D eigenvalue weighted by molar-refractivity contribution is 9.10. The predicted molar refractivity (Wildman–Crippen MR) is 122 cm³/mol. The molecule has 0 bridgehead atoms. The summed E-state index contributed by atoms with van der Waals surface area (Å²) < 4.78 is 2.17. The Hall–Kier alpha value is -1.08. The van der Waals surface area contributed by atoms with Crippen LogP contribution in [-0.4, -0.2) is 16.6 Å². The molecule has 132 valence electrons. The fraction of sp³-hybridized carbons (Fsp3) is 0.150. The molecule has 0 radical (unpaired) electrons. The number of halogens is 2. The first-order valence-electron chi connectivity index (χ1n) is 8.20. The molecule has 0 amide bonds. The van der Waals surface area contributed by atoms with Crippen molar-refractivity contribution in [1.82, 2.24) is 10.6 Å². The summed E-state index contributed by atoms with van der Waals surface area (Å²) in [5.41, 5.74) is 6.24. The van der Waals surface area contributed by atoms with Gasteiger partial charge < -0.3 is 10.6 Å². The average Bonchev–Trinajstić information content (AvgIpc) is 2.62. The van der Waals surface area contributed by atoms with Crippen molar-refractivity contribution in [1.29, 1.82) is 0 Å². The van der Waals surface area contributed by atoms with Crippen LogP contribution in [0.4, 0.5) is 0 Å². The molecule has 26 heavy (non-hydrogen) atoms. The van der Waals surface area contributed by atoms with Crippen LogP contribution in [0.3, 0.4) is 0 Å². The number of thioether (sulfide) groups is 1. The molecule has 2 nitrogen and oxygen atoms in total. The van der Waals surface area contributed by atoms with Crippen LogP contribution in [0.1, 0.15) is 17.2 Å². The number of allylic oxidation sites excluding steroid dienone is 1. The van der Waals surface area contributed by atoms with Crippen LogP contribution in [-0.2, 0) is 0 Å². The molecule has 2 aliphatic heterocycles. The largest absolute Gasteiger partial charge is 0.352 e. The minimum atomic E-state index is 0.106. The van der Waals surface area contributed by atoms with Gasteiger partial charge in [0.2, 0.25) is 0 Å². The van der Waals surface area contributed by atoms with Gasteiger partial charge in [0.15, 0.2) is 5.11 Å². The topological polar surface area (TPSA) is 24.1 Å². The summed E-state index contributed by atoms with van der Waals surface area (Å²) in [7, 11) is 0. The standard InChI is InChI=1S/C20H16Br2N2S2/c21-15-5-1-3-12(8-15)7-14-10-26-11-17-18(23-20(25)24-19(14)17)13-4-2-6-16(22)9-13/h1-9,18H,10-11H2,(H2,23,24,25)/b14-7+/t18-/m0/s1. The zero-order valence-corrected chi connectivity index (χ0v) is 18.6. The van der Waals surface area contributed by atoms with E-state index >= 15 is 0 Å². The van der Waals surface area contributed by atoms with Crippen LogP contribution in [0.5, 0.6) is 0 Å². The first-order chi connectivity index (χ1) is 12.6. The SMILES string of the molecule is S=C1NC2=C(CSC/C2=C\c2cccc(Br)c2)[C@H](c2cccc(Br)c2)N1. The summed E-state index contributed by atoms with van der Waals surface area (Å²) >= 11 is 14.6. The summed E-state index contributed by atoms with van der Waals surface area (Å²) in [4.78, 5) is 0. The van der Waals surface area contributed by atoms with Gasteiger partial charge in [-0.25, -0.2) is 0 Å². The second-order valence-electron chi connectivity index (χ2n) is 6.20. The maximum Gasteiger partial charge on any atom is 0.171 e. The first kappa shape index (κ1) is 18.3. The highest BCUT2D eigenvalue weighted by Gasteiger charge is 2.30. The van der Waals surface area contributed by atoms with Gasteiger partial charge in [-0.15, -0.1) is 0 Å². The summed E-state index contributed by atoms with van der Waals surface area (Å²) in [6.07, 6.45) is 2.26. The van der Waals surface area contributed by atoms with Crippen molar-refractivity contribution in [3.05, 3.63) is 85.4 Å². The first-order valence-corrected chi connectivity index (χ1v) is 11.4. The number of nitrogens with one attached hydrogen (secondary N) is 2. The molecule has 0 spiro atoms. The molecule has 2 aromatic carbocycles. The summed E-state index contributed by atoms with van der Waals surface area (Å²) in [5, 5.41) is 7.54. The van der Waals surface area contributed by atoms with E-state index in [1.807, 2.05) is 23.9 Å². The Morgan fingerprint density at radius 3 is 2.58 bits per heavy atom. The average molecular weight is 508 g/mol. The number of thiocarbonyl (C=S) groups is 1. The third kappa shape index (κ3) is 3.93. The third-order valence-electron chi connectivity index (χ3n) is 4.39. The Balaban J connectivity index is 1.78. The van der Waals surface area contributed by atoms with Crippen LogP contribution >= 0.6 is 55.8 Å². The van der Waals surface area contributed by atoms with E-state index in [2.05, 4.69) is 85.0 Å². The van der Waals surface area contributed by atoms with Gasteiger partial charge >= 0.3 is 0 Å². The van der Waals surface area contributed by atoms with E-state index in [0.29, 0.717) is 5.11 Å². The Morgan fingerprint density at radius 2 is 1.81 bits per heavy atom. The van der Waals surface area contributed by atoms with Crippen molar-refractivity contribution in [2.75, 3.05) is 11.5 Å². The molecule has 0 saturated carbocycles. The second kappa shape index (κ2) is 7.89. The lowest BCUT2D eigenvalue weighted by Crippen LogP contribution is -2.45. The van der Waals surface area contributed by atoms with Crippen LogP contribution in [0.2, 0.25) is 0 Å². The Labute approximate surface area is 179 Å². The van der Waals surface area contributed by atoms with E-state index in [-0.39, 0.29) is 6.04 Å². The maximum absolute atomic E-state index is 5.51. The molecule has 4 rings (SSSR count). The minimum Gasteiger partial charge on any atom is -0.352 e. The molecule has 0 unspecified atom stereocenters. The van der Waals surface area contributed by atoms with E-state index in [0.717, 1.165) is 20.5 Å². The van der Waals surface area contributed by atoms with Gasteiger partial charge in [0.25, 0.3) is 0 Å². The van der Waals surface area contributed by atoms with E-state index in [1.54, 1.807) is 0 Å². The molecule has 2 heterocycles. The predicted octanol–water partition coefficient (Wildman–Crippen LogP) is 5.81. The zero-order valence-electron chi connectivity index (χ0n) is 13.8. The van der Waals surface area contributed by atoms with Gasteiger partial charge in [0.05, 0.1) is 6.04 Å². The summed E-state index contributed by atoms with van der Waals surface area (Å²) in [5.74, 6) is 1.97. The zero-order chi connectivity index (χ0) is 18.1. The quantitative estimate of drug-likeness (QED) is 0.500. The number of rotatable bonds is 2. The number of hydrogen-bond donors (Lipinski definition) is 2. The van der Waals surface area contributed by atoms with Gasteiger partial charge in [-0.2, -0.15) is 11.8 Å². The molecule has 0 aromatic heterocycles. The van der Waals surface area contributed by atoms with Crippen molar-refractivity contribution >= 4 is 67.0 Å². The molecule has 0 fully saturated rings. The molecular weight excluding hydrogens is 492 g/mol. The highest BCUT2D eigenvalue weighted by atomic mass is 79.9. The Morgan fingerprint density at radius 1 is 1.04 bits per heavy atom. The van der Waals surface area contributed by atoms with Crippen LogP contribution in [0.25, 0.3) is 6.08 Å². The maximum atomic E-state index is 5.51. The van der Waals surface area contributed by atoms with Gasteiger partial charge in [-0.1, -0.05) is 56.1 Å². The molecule has 2 aromatic rings. The number of benzene rings is 2. The Kier molecular flexibility index (Phi) is 5.55. The van der Waals surface area contributed by atoms with E-state index < -0.39 is 0 Å². The van der Waals surface area contributed by atoms with Crippen LogP contribution < -0.4 is 10.6 Å². The molecule has 0 aliphatic carbocycles. The van der Waals surface area contributed by atoms with E-state index in [9.17, 15) is 0 Å². The smallest absolute Gasteiger partial charge is 0.171 e. The molecule has 6 heteroatoms. The van der Waals surface area contributed by atoms with Crippen molar-refractivity contribution in [2.45, 2.75) is 6.04 Å². The lowest BCUT2D eigenvalue weighted by atomic mass is 9.93. The van der Waals surface area contributed by atoms with Crippen molar-refractivity contribution < 1.29 is 0 Å². The number of hydrogen-bond acceptors (Lipinski definition) is 2. The monoisotopic (exact) mass is 506 g/mol. The van der Waals surface area contributed by atoms with E-state index in [1.165, 1.54) is 28.0 Å². The fourth-order valence-electron chi connectivity index (χ4n) is 3.26.